The van der Waals surface area contributed by atoms with Crippen LogP contribution >= 0.6 is 11.3 Å². The maximum Gasteiger partial charge on any atom is 0.256 e. The first-order valence-corrected chi connectivity index (χ1v) is 6.91. The minimum Gasteiger partial charge on any atom is -0.545 e. The number of aryl methyl sites for hydroxylation is 2. The Bertz CT molecular complexity index is 671. The summed E-state index contributed by atoms with van der Waals surface area (Å²) in [5.41, 5.74) is 2.24. The lowest BCUT2D eigenvalue weighted by Gasteiger charge is -2.08. The lowest BCUT2D eigenvalue weighted by molar-refractivity contribution is -0.254. The van der Waals surface area contributed by atoms with Crippen LogP contribution in [0.15, 0.2) is 24.3 Å². The highest BCUT2D eigenvalue weighted by Crippen LogP contribution is 2.32. The van der Waals surface area contributed by atoms with Crippen molar-refractivity contribution in [1.29, 1.82) is 0 Å². The summed E-state index contributed by atoms with van der Waals surface area (Å²) in [6.07, 6.45) is 0. The van der Waals surface area contributed by atoms with Crippen LogP contribution < -0.4 is 10.4 Å². The number of aromatic carboxylic acids is 1. The Labute approximate surface area is 121 Å². The van der Waals surface area contributed by atoms with Crippen molar-refractivity contribution in [3.05, 3.63) is 51.4 Å². The minimum absolute atomic E-state index is 0.0629. The molecule has 0 fully saturated rings. The predicted octanol–water partition coefficient (Wildman–Crippen LogP) is 2.29. The lowest BCUT2D eigenvalue weighted by atomic mass is 10.1. The molecule has 0 radical (unpaired) electrons. The minimum atomic E-state index is -1.27. The molecule has 0 spiro atoms. The number of carboxylic acid groups (broad SMARTS) is 1. The molecule has 2 rings (SSSR count). The summed E-state index contributed by atoms with van der Waals surface area (Å²) in [6, 6.07) is 7.08. The van der Waals surface area contributed by atoms with E-state index in [1.54, 1.807) is 19.1 Å². The van der Waals surface area contributed by atoms with Gasteiger partial charge < -0.3 is 15.2 Å². The van der Waals surface area contributed by atoms with Crippen LogP contribution in [-0.4, -0.2) is 11.9 Å². The van der Waals surface area contributed by atoms with Gasteiger partial charge in [-0.1, -0.05) is 17.7 Å². The SMILES string of the molecule is Cc1ccc(C(=O)Nc2sc(C)c(C)c2C(=O)[O-])cc1. The first kappa shape index (κ1) is 14.3. The quantitative estimate of drug-likeness (QED) is 0.942. The molecule has 0 bridgehead atoms. The molecule has 1 aromatic carbocycles. The van der Waals surface area contributed by atoms with Crippen LogP contribution in [0.3, 0.4) is 0 Å². The first-order chi connectivity index (χ1) is 9.40. The topological polar surface area (TPSA) is 69.2 Å². The summed E-state index contributed by atoms with van der Waals surface area (Å²) in [5.74, 6) is -1.60. The molecule has 1 amide bonds. The molecule has 5 heteroatoms. The van der Waals surface area contributed by atoms with Gasteiger partial charge in [0, 0.05) is 16.0 Å². The average molecular weight is 288 g/mol. The fourth-order valence-corrected chi connectivity index (χ4v) is 2.88. The van der Waals surface area contributed by atoms with Crippen LogP contribution in [0.1, 0.15) is 36.7 Å². The Kier molecular flexibility index (Phi) is 3.90. The Morgan fingerprint density at radius 3 is 2.25 bits per heavy atom. The molecule has 2 aromatic rings. The highest BCUT2D eigenvalue weighted by atomic mass is 32.1. The van der Waals surface area contributed by atoms with Gasteiger partial charge in [-0.25, -0.2) is 0 Å². The molecule has 0 saturated carbocycles. The van der Waals surface area contributed by atoms with Gasteiger partial charge in [-0.15, -0.1) is 11.3 Å². The summed E-state index contributed by atoms with van der Waals surface area (Å²) in [6.45, 7) is 5.45. The van der Waals surface area contributed by atoms with Crippen molar-refractivity contribution in [2.45, 2.75) is 20.8 Å². The number of hydrogen-bond acceptors (Lipinski definition) is 4. The smallest absolute Gasteiger partial charge is 0.256 e. The van der Waals surface area contributed by atoms with E-state index >= 15 is 0 Å². The zero-order valence-electron chi connectivity index (χ0n) is 11.4. The molecule has 104 valence electrons. The zero-order chi connectivity index (χ0) is 14.9. The van der Waals surface area contributed by atoms with E-state index in [1.165, 1.54) is 11.3 Å². The van der Waals surface area contributed by atoms with Crippen LogP contribution in [0.4, 0.5) is 5.00 Å². The number of thiophene rings is 1. The summed E-state index contributed by atoms with van der Waals surface area (Å²) in [7, 11) is 0. The van der Waals surface area contributed by atoms with Gasteiger partial charge in [0.15, 0.2) is 0 Å². The molecule has 1 heterocycles. The molecule has 4 nitrogen and oxygen atoms in total. The molecule has 1 N–H and O–H groups in total. The predicted molar refractivity (Wildman–Crippen MR) is 77.3 cm³/mol. The second-order valence-electron chi connectivity index (χ2n) is 4.59. The zero-order valence-corrected chi connectivity index (χ0v) is 12.3. The fourth-order valence-electron chi connectivity index (χ4n) is 1.84. The van der Waals surface area contributed by atoms with E-state index < -0.39 is 5.97 Å². The maximum absolute atomic E-state index is 12.1. The van der Waals surface area contributed by atoms with Crippen molar-refractivity contribution >= 4 is 28.2 Å². The van der Waals surface area contributed by atoms with Crippen molar-refractivity contribution in [3.63, 3.8) is 0 Å². The van der Waals surface area contributed by atoms with Gasteiger partial charge in [0.2, 0.25) is 0 Å². The van der Waals surface area contributed by atoms with Gasteiger partial charge in [0.25, 0.3) is 5.91 Å². The van der Waals surface area contributed by atoms with Crippen molar-refractivity contribution in [2.75, 3.05) is 5.32 Å². The monoisotopic (exact) mass is 288 g/mol. The van der Waals surface area contributed by atoms with Gasteiger partial charge in [-0.2, -0.15) is 0 Å². The Morgan fingerprint density at radius 2 is 1.70 bits per heavy atom. The Hall–Kier alpha value is -2.14. The summed E-state index contributed by atoms with van der Waals surface area (Å²) >= 11 is 1.24. The van der Waals surface area contributed by atoms with Gasteiger partial charge in [-0.3, -0.25) is 4.79 Å². The molecule has 0 aliphatic heterocycles. The van der Waals surface area contributed by atoms with Crippen molar-refractivity contribution < 1.29 is 14.7 Å². The molecular formula is C15H14NO3S-. The number of anilines is 1. The lowest BCUT2D eigenvalue weighted by Crippen LogP contribution is -2.24. The van der Waals surface area contributed by atoms with Crippen LogP contribution in [0, 0.1) is 20.8 Å². The third-order valence-electron chi connectivity index (χ3n) is 3.13. The molecule has 0 aliphatic carbocycles. The summed E-state index contributed by atoms with van der Waals surface area (Å²) in [4.78, 5) is 24.1. The van der Waals surface area contributed by atoms with E-state index in [1.807, 2.05) is 26.0 Å². The van der Waals surface area contributed by atoms with Crippen molar-refractivity contribution in [1.82, 2.24) is 0 Å². The van der Waals surface area contributed by atoms with Crippen LogP contribution in [0.25, 0.3) is 0 Å². The molecule has 0 atom stereocenters. The second-order valence-corrected chi connectivity index (χ2v) is 5.82. The summed E-state index contributed by atoms with van der Waals surface area (Å²) < 4.78 is 0. The highest BCUT2D eigenvalue weighted by molar-refractivity contribution is 7.16. The number of amides is 1. The third-order valence-corrected chi connectivity index (χ3v) is 4.25. The van der Waals surface area contributed by atoms with Gasteiger partial charge in [-0.05, 0) is 38.5 Å². The number of carbonyl (C=O) groups is 2. The van der Waals surface area contributed by atoms with Gasteiger partial charge >= 0.3 is 0 Å². The van der Waals surface area contributed by atoms with Crippen molar-refractivity contribution in [3.8, 4) is 0 Å². The van der Waals surface area contributed by atoms with E-state index in [4.69, 9.17) is 0 Å². The third kappa shape index (κ3) is 2.72. The number of rotatable bonds is 3. The first-order valence-electron chi connectivity index (χ1n) is 6.09. The number of carboxylic acids is 1. The fraction of sp³-hybridized carbons (Fsp3) is 0.200. The number of hydrogen-bond donors (Lipinski definition) is 1. The Morgan fingerprint density at radius 1 is 1.10 bits per heavy atom. The van der Waals surface area contributed by atoms with E-state index in [9.17, 15) is 14.7 Å². The summed E-state index contributed by atoms with van der Waals surface area (Å²) in [5, 5.41) is 14.1. The van der Waals surface area contributed by atoms with E-state index in [0.717, 1.165) is 10.4 Å². The van der Waals surface area contributed by atoms with E-state index in [0.29, 0.717) is 16.1 Å². The average Bonchev–Trinajstić information content (AvgIpc) is 2.65. The molecule has 20 heavy (non-hydrogen) atoms. The standard InChI is InChI=1S/C15H15NO3S/c1-8-4-6-11(7-5-8)13(17)16-14-12(15(18)19)9(2)10(3)20-14/h4-7H,1-3H3,(H,16,17)(H,18,19)/p-1. The van der Waals surface area contributed by atoms with Crippen molar-refractivity contribution in [2.24, 2.45) is 0 Å². The molecule has 1 aromatic heterocycles. The molecule has 0 aliphatic rings. The second kappa shape index (κ2) is 5.46. The van der Waals surface area contributed by atoms with E-state index in [-0.39, 0.29) is 11.5 Å². The van der Waals surface area contributed by atoms with Crippen LogP contribution in [0.2, 0.25) is 0 Å². The number of carbonyl (C=O) groups excluding carboxylic acids is 2. The van der Waals surface area contributed by atoms with E-state index in [2.05, 4.69) is 5.32 Å². The molecule has 0 unspecified atom stereocenters. The van der Waals surface area contributed by atoms with Gasteiger partial charge in [0.05, 0.1) is 5.97 Å². The Balaban J connectivity index is 2.30. The largest absolute Gasteiger partial charge is 0.545 e. The normalized spacial score (nSPS) is 10.3. The maximum atomic E-state index is 12.1. The number of nitrogens with one attached hydrogen (secondary N) is 1. The van der Waals surface area contributed by atoms with Crippen LogP contribution in [0.5, 0.6) is 0 Å². The van der Waals surface area contributed by atoms with Crippen LogP contribution in [-0.2, 0) is 0 Å². The number of benzene rings is 1. The van der Waals surface area contributed by atoms with Gasteiger partial charge in [0.1, 0.15) is 5.00 Å². The molecule has 0 saturated heterocycles. The molecular weight excluding hydrogens is 274 g/mol. The highest BCUT2D eigenvalue weighted by Gasteiger charge is 2.16.